The standard InChI is InChI=1S/C12H15F3N2O2/c1-2-8-4-3-5-9(6-8)19-7-10(11(16)17-18)12(13,14)15/h3-6,10,18H,2,7H2,1H3,(H2,16,17). The van der Waals surface area contributed by atoms with Gasteiger partial charge in [-0.15, -0.1) is 0 Å². The van der Waals surface area contributed by atoms with Gasteiger partial charge in [-0.1, -0.05) is 24.2 Å². The number of ether oxygens (including phenoxy) is 1. The summed E-state index contributed by atoms with van der Waals surface area (Å²) in [6.45, 7) is 1.20. The summed E-state index contributed by atoms with van der Waals surface area (Å²) in [7, 11) is 0. The van der Waals surface area contributed by atoms with E-state index in [0.29, 0.717) is 5.75 Å². The van der Waals surface area contributed by atoms with Crippen LogP contribution in [-0.2, 0) is 6.42 Å². The molecule has 106 valence electrons. The van der Waals surface area contributed by atoms with E-state index in [1.54, 1.807) is 18.2 Å². The van der Waals surface area contributed by atoms with Gasteiger partial charge in [0.15, 0.2) is 5.84 Å². The maximum absolute atomic E-state index is 12.7. The van der Waals surface area contributed by atoms with Gasteiger partial charge < -0.3 is 15.7 Å². The third-order valence-corrected chi connectivity index (χ3v) is 2.59. The van der Waals surface area contributed by atoms with Crippen molar-refractivity contribution in [3.63, 3.8) is 0 Å². The molecular weight excluding hydrogens is 261 g/mol. The number of nitrogens with zero attached hydrogens (tertiary/aromatic N) is 1. The molecule has 0 aliphatic carbocycles. The van der Waals surface area contributed by atoms with Crippen LogP contribution in [0.1, 0.15) is 12.5 Å². The third-order valence-electron chi connectivity index (χ3n) is 2.59. The minimum atomic E-state index is -4.63. The van der Waals surface area contributed by atoms with Crippen LogP contribution in [-0.4, -0.2) is 23.8 Å². The lowest BCUT2D eigenvalue weighted by Gasteiger charge is -2.19. The van der Waals surface area contributed by atoms with Gasteiger partial charge in [-0.2, -0.15) is 13.2 Å². The van der Waals surface area contributed by atoms with Gasteiger partial charge in [0.25, 0.3) is 0 Å². The molecule has 3 N–H and O–H groups in total. The van der Waals surface area contributed by atoms with Crippen molar-refractivity contribution in [3.05, 3.63) is 29.8 Å². The van der Waals surface area contributed by atoms with Crippen molar-refractivity contribution in [2.75, 3.05) is 6.61 Å². The van der Waals surface area contributed by atoms with Gasteiger partial charge in [0.2, 0.25) is 0 Å². The van der Waals surface area contributed by atoms with Gasteiger partial charge in [-0.05, 0) is 24.1 Å². The Kier molecular flexibility index (Phi) is 5.02. The van der Waals surface area contributed by atoms with Crippen LogP contribution in [0.15, 0.2) is 29.4 Å². The highest BCUT2D eigenvalue weighted by Gasteiger charge is 2.43. The molecule has 0 bridgehead atoms. The summed E-state index contributed by atoms with van der Waals surface area (Å²) in [5, 5.41) is 10.8. The molecule has 4 nitrogen and oxygen atoms in total. The first kappa shape index (κ1) is 15.1. The third kappa shape index (κ3) is 4.35. The molecule has 0 spiro atoms. The van der Waals surface area contributed by atoms with Gasteiger partial charge in [0, 0.05) is 0 Å². The van der Waals surface area contributed by atoms with Gasteiger partial charge in [-0.3, -0.25) is 0 Å². The van der Waals surface area contributed by atoms with Crippen LogP contribution in [0.3, 0.4) is 0 Å². The molecule has 7 heteroatoms. The maximum Gasteiger partial charge on any atom is 0.402 e. The Morgan fingerprint density at radius 3 is 2.68 bits per heavy atom. The first-order chi connectivity index (χ1) is 8.88. The summed E-state index contributed by atoms with van der Waals surface area (Å²) in [6.07, 6.45) is -3.88. The highest BCUT2D eigenvalue weighted by atomic mass is 19.4. The van der Waals surface area contributed by atoms with Gasteiger partial charge >= 0.3 is 6.18 Å². The van der Waals surface area contributed by atoms with Crippen LogP contribution in [0.25, 0.3) is 0 Å². The SMILES string of the molecule is CCc1cccc(OCC(/C(N)=N/O)C(F)(F)F)c1. The zero-order chi connectivity index (χ0) is 14.5. The van der Waals surface area contributed by atoms with Crippen LogP contribution in [0.5, 0.6) is 5.75 Å². The molecule has 1 atom stereocenters. The number of alkyl halides is 3. The fourth-order valence-corrected chi connectivity index (χ4v) is 1.45. The Labute approximate surface area is 108 Å². The van der Waals surface area contributed by atoms with E-state index in [4.69, 9.17) is 15.7 Å². The highest BCUT2D eigenvalue weighted by Crippen LogP contribution is 2.27. The van der Waals surface area contributed by atoms with Gasteiger partial charge in [0.1, 0.15) is 18.3 Å². The van der Waals surface area contributed by atoms with Crippen LogP contribution in [0, 0.1) is 5.92 Å². The molecule has 0 heterocycles. The summed E-state index contributed by atoms with van der Waals surface area (Å²) in [4.78, 5) is 0. The van der Waals surface area contributed by atoms with Crippen LogP contribution < -0.4 is 10.5 Å². The summed E-state index contributed by atoms with van der Waals surface area (Å²) < 4.78 is 43.0. The topological polar surface area (TPSA) is 67.8 Å². The summed E-state index contributed by atoms with van der Waals surface area (Å²) in [5.41, 5.74) is 5.97. The van der Waals surface area contributed by atoms with E-state index in [2.05, 4.69) is 5.16 Å². The van der Waals surface area contributed by atoms with Crippen molar-refractivity contribution in [2.24, 2.45) is 16.8 Å². The van der Waals surface area contributed by atoms with Crippen molar-refractivity contribution in [3.8, 4) is 5.75 Å². The molecule has 0 fully saturated rings. The molecular formula is C12H15F3N2O2. The Morgan fingerprint density at radius 2 is 2.16 bits per heavy atom. The monoisotopic (exact) mass is 276 g/mol. The van der Waals surface area contributed by atoms with E-state index < -0.39 is 24.5 Å². The molecule has 0 saturated heterocycles. The van der Waals surface area contributed by atoms with E-state index in [-0.39, 0.29) is 0 Å². The molecule has 1 unspecified atom stereocenters. The number of aryl methyl sites for hydroxylation is 1. The normalized spacial score (nSPS) is 14.2. The van der Waals surface area contributed by atoms with Crippen molar-refractivity contribution in [1.29, 1.82) is 0 Å². The largest absolute Gasteiger partial charge is 0.492 e. The lowest BCUT2D eigenvalue weighted by Crippen LogP contribution is -2.40. The van der Waals surface area contributed by atoms with E-state index in [1.165, 1.54) is 0 Å². The van der Waals surface area contributed by atoms with Gasteiger partial charge in [0.05, 0.1) is 0 Å². The molecule has 1 aromatic carbocycles. The maximum atomic E-state index is 12.7. The molecule has 0 radical (unpaired) electrons. The second kappa shape index (κ2) is 6.31. The second-order valence-corrected chi connectivity index (χ2v) is 3.93. The number of hydrogen-bond donors (Lipinski definition) is 2. The molecule has 1 rings (SSSR count). The zero-order valence-corrected chi connectivity index (χ0v) is 10.3. The van der Waals surface area contributed by atoms with E-state index in [0.717, 1.165) is 12.0 Å². The smallest absolute Gasteiger partial charge is 0.402 e. The number of oxime groups is 1. The Morgan fingerprint density at radius 1 is 1.47 bits per heavy atom. The van der Waals surface area contributed by atoms with E-state index in [9.17, 15) is 13.2 Å². The zero-order valence-electron chi connectivity index (χ0n) is 10.3. The van der Waals surface area contributed by atoms with Gasteiger partial charge in [-0.25, -0.2) is 0 Å². The fraction of sp³-hybridized carbons (Fsp3) is 0.417. The van der Waals surface area contributed by atoms with Crippen molar-refractivity contribution >= 4 is 5.84 Å². The molecule has 1 aromatic rings. The molecule has 0 aliphatic rings. The Hall–Kier alpha value is -1.92. The average molecular weight is 276 g/mol. The number of benzene rings is 1. The first-order valence-electron chi connectivity index (χ1n) is 5.64. The first-order valence-corrected chi connectivity index (χ1v) is 5.64. The van der Waals surface area contributed by atoms with Crippen LogP contribution in [0.2, 0.25) is 0 Å². The second-order valence-electron chi connectivity index (χ2n) is 3.93. The van der Waals surface area contributed by atoms with Crippen molar-refractivity contribution in [1.82, 2.24) is 0 Å². The predicted octanol–water partition coefficient (Wildman–Crippen LogP) is 2.55. The quantitative estimate of drug-likeness (QED) is 0.376. The minimum Gasteiger partial charge on any atom is -0.492 e. The number of amidine groups is 1. The molecule has 0 saturated carbocycles. The number of rotatable bonds is 5. The number of halogens is 3. The number of hydrogen-bond acceptors (Lipinski definition) is 3. The van der Waals surface area contributed by atoms with Crippen molar-refractivity contribution < 1.29 is 23.1 Å². The molecule has 0 aliphatic heterocycles. The lowest BCUT2D eigenvalue weighted by atomic mass is 10.1. The molecule has 0 aromatic heterocycles. The minimum absolute atomic E-state index is 0.319. The predicted molar refractivity (Wildman–Crippen MR) is 64.3 cm³/mol. The van der Waals surface area contributed by atoms with Crippen LogP contribution in [0.4, 0.5) is 13.2 Å². The Balaban J connectivity index is 2.76. The van der Waals surface area contributed by atoms with Crippen LogP contribution >= 0.6 is 0 Å². The average Bonchev–Trinajstić information content (AvgIpc) is 2.37. The summed E-state index contributed by atoms with van der Waals surface area (Å²) in [5.74, 6) is -2.73. The van der Waals surface area contributed by atoms with Crippen molar-refractivity contribution in [2.45, 2.75) is 19.5 Å². The highest BCUT2D eigenvalue weighted by molar-refractivity contribution is 5.83. The number of nitrogens with two attached hydrogens (primary N) is 1. The summed E-state index contributed by atoms with van der Waals surface area (Å²) >= 11 is 0. The lowest BCUT2D eigenvalue weighted by molar-refractivity contribution is -0.162. The molecule has 0 amide bonds. The fourth-order valence-electron chi connectivity index (χ4n) is 1.45. The summed E-state index contributed by atoms with van der Waals surface area (Å²) in [6, 6.07) is 6.75. The van der Waals surface area contributed by atoms with E-state index in [1.807, 2.05) is 13.0 Å². The Bertz CT molecular complexity index is 447. The van der Waals surface area contributed by atoms with E-state index >= 15 is 0 Å². The molecule has 19 heavy (non-hydrogen) atoms.